The highest BCUT2D eigenvalue weighted by molar-refractivity contribution is 9.10. The largest absolute Gasteiger partial charge is 0.372 e. The predicted molar refractivity (Wildman–Crippen MR) is 93.1 cm³/mol. The maximum absolute atomic E-state index is 13.0. The van der Waals surface area contributed by atoms with Crippen LogP contribution in [0.4, 0.5) is 16.2 Å². The first kappa shape index (κ1) is 16.6. The summed E-state index contributed by atoms with van der Waals surface area (Å²) in [5.74, 6) is 0.779. The lowest BCUT2D eigenvalue weighted by Crippen LogP contribution is -2.33. The standard InChI is InChI=1S/C16H17BrFN5O/c1-19-14-12(17)8-20-16(22-14)21-13-6-7-23(15(13)24)9-10-2-4-11(18)5-3-10/h2-5,8,13H,6-7,9H2,1H3,(H2,19,20,21,22). The van der Waals surface area contributed by atoms with Crippen LogP contribution in [0.15, 0.2) is 34.9 Å². The van der Waals surface area contributed by atoms with Gasteiger partial charge in [-0.25, -0.2) is 9.37 Å². The molecule has 0 radical (unpaired) electrons. The van der Waals surface area contributed by atoms with Crippen LogP contribution in [0.5, 0.6) is 0 Å². The molecule has 0 bridgehead atoms. The minimum atomic E-state index is -0.351. The number of hydrogen-bond acceptors (Lipinski definition) is 5. The van der Waals surface area contributed by atoms with Gasteiger partial charge < -0.3 is 15.5 Å². The monoisotopic (exact) mass is 393 g/mol. The Hall–Kier alpha value is -2.22. The van der Waals surface area contributed by atoms with E-state index in [0.717, 1.165) is 10.0 Å². The maximum atomic E-state index is 13.0. The first-order chi connectivity index (χ1) is 11.6. The third-order valence-corrected chi connectivity index (χ3v) is 4.45. The molecule has 126 valence electrons. The average Bonchev–Trinajstić information content (AvgIpc) is 2.92. The number of nitrogens with zero attached hydrogens (tertiary/aromatic N) is 3. The zero-order valence-electron chi connectivity index (χ0n) is 13.1. The van der Waals surface area contributed by atoms with Crippen LogP contribution in [0.2, 0.25) is 0 Å². The van der Waals surface area contributed by atoms with E-state index in [9.17, 15) is 9.18 Å². The number of likely N-dealkylation sites (tertiary alicyclic amines) is 1. The van der Waals surface area contributed by atoms with Crippen molar-refractivity contribution in [2.24, 2.45) is 0 Å². The van der Waals surface area contributed by atoms with Crippen LogP contribution in [-0.4, -0.2) is 40.4 Å². The third-order valence-electron chi connectivity index (χ3n) is 3.87. The highest BCUT2D eigenvalue weighted by Gasteiger charge is 2.32. The number of nitrogens with one attached hydrogen (secondary N) is 2. The van der Waals surface area contributed by atoms with Gasteiger partial charge in [-0.3, -0.25) is 4.79 Å². The van der Waals surface area contributed by atoms with Crippen molar-refractivity contribution >= 4 is 33.6 Å². The molecular weight excluding hydrogens is 377 g/mol. The summed E-state index contributed by atoms with van der Waals surface area (Å²) in [5.41, 5.74) is 0.905. The van der Waals surface area contributed by atoms with Crippen LogP contribution in [-0.2, 0) is 11.3 Å². The maximum Gasteiger partial charge on any atom is 0.245 e. The lowest BCUT2D eigenvalue weighted by Gasteiger charge is -2.17. The van der Waals surface area contributed by atoms with Crippen molar-refractivity contribution in [1.82, 2.24) is 14.9 Å². The summed E-state index contributed by atoms with van der Waals surface area (Å²) in [4.78, 5) is 22.8. The van der Waals surface area contributed by atoms with Crippen molar-refractivity contribution < 1.29 is 9.18 Å². The zero-order valence-corrected chi connectivity index (χ0v) is 14.7. The lowest BCUT2D eigenvalue weighted by atomic mass is 10.2. The molecule has 0 saturated carbocycles. The number of benzene rings is 1. The molecule has 2 N–H and O–H groups in total. The Kier molecular flexibility index (Phi) is 4.94. The molecule has 8 heteroatoms. The minimum absolute atomic E-state index is 0.00292. The van der Waals surface area contributed by atoms with Crippen LogP contribution in [0.25, 0.3) is 0 Å². The summed E-state index contributed by atoms with van der Waals surface area (Å²) in [6.45, 7) is 1.11. The molecule has 1 saturated heterocycles. The molecule has 2 aromatic rings. The van der Waals surface area contributed by atoms with Gasteiger partial charge in [0.05, 0.1) is 4.47 Å². The number of carbonyl (C=O) groups is 1. The molecule has 1 aromatic carbocycles. The average molecular weight is 394 g/mol. The Bertz CT molecular complexity index is 740. The Labute approximate surface area is 147 Å². The Morgan fingerprint density at radius 2 is 2.12 bits per heavy atom. The van der Waals surface area contributed by atoms with Crippen LogP contribution in [0.3, 0.4) is 0 Å². The van der Waals surface area contributed by atoms with Gasteiger partial charge in [0.25, 0.3) is 0 Å². The molecule has 1 fully saturated rings. The van der Waals surface area contributed by atoms with E-state index in [1.807, 2.05) is 0 Å². The Morgan fingerprint density at radius 1 is 1.38 bits per heavy atom. The topological polar surface area (TPSA) is 70.2 Å². The lowest BCUT2D eigenvalue weighted by molar-refractivity contribution is -0.128. The Morgan fingerprint density at radius 3 is 2.83 bits per heavy atom. The van der Waals surface area contributed by atoms with Gasteiger partial charge in [-0.15, -0.1) is 0 Å². The molecule has 1 aromatic heterocycles. The second kappa shape index (κ2) is 7.12. The van der Waals surface area contributed by atoms with E-state index in [2.05, 4.69) is 36.5 Å². The van der Waals surface area contributed by atoms with Crippen LogP contribution < -0.4 is 10.6 Å². The van der Waals surface area contributed by atoms with Gasteiger partial charge in [0, 0.05) is 26.3 Å². The van der Waals surface area contributed by atoms with E-state index in [-0.39, 0.29) is 17.8 Å². The van der Waals surface area contributed by atoms with Crippen molar-refractivity contribution in [3.63, 3.8) is 0 Å². The van der Waals surface area contributed by atoms with Gasteiger partial charge in [0.1, 0.15) is 17.7 Å². The molecule has 2 heterocycles. The van der Waals surface area contributed by atoms with Crippen molar-refractivity contribution in [2.45, 2.75) is 19.0 Å². The predicted octanol–water partition coefficient (Wildman–Crippen LogP) is 2.63. The summed E-state index contributed by atoms with van der Waals surface area (Å²) in [6, 6.07) is 5.85. The summed E-state index contributed by atoms with van der Waals surface area (Å²) in [6.07, 6.45) is 2.31. The number of halogens is 2. The van der Waals surface area contributed by atoms with Crippen molar-refractivity contribution in [1.29, 1.82) is 0 Å². The van der Waals surface area contributed by atoms with E-state index in [0.29, 0.717) is 31.3 Å². The number of carbonyl (C=O) groups excluding carboxylic acids is 1. The van der Waals surface area contributed by atoms with Crippen molar-refractivity contribution in [3.8, 4) is 0 Å². The van der Waals surface area contributed by atoms with E-state index < -0.39 is 0 Å². The summed E-state index contributed by atoms with van der Waals surface area (Å²) in [7, 11) is 1.77. The highest BCUT2D eigenvalue weighted by atomic mass is 79.9. The summed E-state index contributed by atoms with van der Waals surface area (Å²) < 4.78 is 13.7. The molecule has 1 aliphatic heterocycles. The Balaban J connectivity index is 1.64. The van der Waals surface area contributed by atoms with Gasteiger partial charge in [0.15, 0.2) is 0 Å². The second-order valence-corrected chi connectivity index (χ2v) is 6.37. The zero-order chi connectivity index (χ0) is 17.1. The molecule has 1 atom stereocenters. The van der Waals surface area contributed by atoms with Crippen LogP contribution >= 0.6 is 15.9 Å². The first-order valence-corrected chi connectivity index (χ1v) is 8.36. The molecule has 0 spiro atoms. The normalized spacial score (nSPS) is 17.2. The third kappa shape index (κ3) is 3.64. The number of rotatable bonds is 5. The molecular formula is C16H17BrFN5O. The van der Waals surface area contributed by atoms with E-state index >= 15 is 0 Å². The fraction of sp³-hybridized carbons (Fsp3) is 0.312. The molecule has 6 nitrogen and oxygen atoms in total. The number of amides is 1. The van der Waals surface area contributed by atoms with Gasteiger partial charge >= 0.3 is 0 Å². The highest BCUT2D eigenvalue weighted by Crippen LogP contribution is 2.22. The SMILES string of the molecule is CNc1nc(NC2CCN(Cc3ccc(F)cc3)C2=O)ncc1Br. The summed E-state index contributed by atoms with van der Waals surface area (Å²) in [5, 5.41) is 6.04. The van der Waals surface area contributed by atoms with Crippen LogP contribution in [0.1, 0.15) is 12.0 Å². The quantitative estimate of drug-likeness (QED) is 0.816. The molecule has 24 heavy (non-hydrogen) atoms. The molecule has 1 aliphatic rings. The molecule has 1 amide bonds. The van der Waals surface area contributed by atoms with E-state index in [1.54, 1.807) is 30.3 Å². The molecule has 3 rings (SSSR count). The summed E-state index contributed by atoms with van der Waals surface area (Å²) >= 11 is 3.35. The van der Waals surface area contributed by atoms with Crippen LogP contribution in [0, 0.1) is 5.82 Å². The van der Waals surface area contributed by atoms with Crippen molar-refractivity contribution in [3.05, 3.63) is 46.3 Å². The van der Waals surface area contributed by atoms with E-state index in [1.165, 1.54) is 12.1 Å². The van der Waals surface area contributed by atoms with Gasteiger partial charge in [-0.2, -0.15) is 4.98 Å². The fourth-order valence-corrected chi connectivity index (χ4v) is 3.00. The number of hydrogen-bond donors (Lipinski definition) is 2. The van der Waals surface area contributed by atoms with Gasteiger partial charge in [-0.1, -0.05) is 12.1 Å². The van der Waals surface area contributed by atoms with Gasteiger partial charge in [0.2, 0.25) is 11.9 Å². The van der Waals surface area contributed by atoms with Crippen molar-refractivity contribution in [2.75, 3.05) is 24.2 Å². The second-order valence-electron chi connectivity index (χ2n) is 5.51. The number of anilines is 2. The van der Waals surface area contributed by atoms with E-state index in [4.69, 9.17) is 0 Å². The molecule has 0 aliphatic carbocycles. The fourth-order valence-electron chi connectivity index (χ4n) is 2.61. The smallest absolute Gasteiger partial charge is 0.245 e. The molecule has 1 unspecified atom stereocenters. The first-order valence-electron chi connectivity index (χ1n) is 7.57. The van der Waals surface area contributed by atoms with Gasteiger partial charge in [-0.05, 0) is 40.0 Å². The minimum Gasteiger partial charge on any atom is -0.372 e. The number of aromatic nitrogens is 2.